The van der Waals surface area contributed by atoms with Gasteiger partial charge in [-0.15, -0.1) is 0 Å². The third-order valence-electron chi connectivity index (χ3n) is 2.19. The third kappa shape index (κ3) is 2.68. The summed E-state index contributed by atoms with van der Waals surface area (Å²) in [5.41, 5.74) is 2.88. The number of pyridine rings is 1. The van der Waals surface area contributed by atoms with Crippen LogP contribution in [-0.4, -0.2) is 4.98 Å². The standard InChI is InChI=1S/C12H8Br2FN/c13-12(14)9-3-1-8(2-4-9)11-6-5-10(15)7-16-11/h1-7,12H. The molecule has 16 heavy (non-hydrogen) atoms. The van der Waals surface area contributed by atoms with Gasteiger partial charge in [0.05, 0.1) is 15.6 Å². The van der Waals surface area contributed by atoms with E-state index in [0.29, 0.717) is 0 Å². The highest BCUT2D eigenvalue weighted by Crippen LogP contribution is 2.30. The molecule has 1 nitrogen and oxygen atoms in total. The summed E-state index contributed by atoms with van der Waals surface area (Å²) in [6.07, 6.45) is 1.22. The number of halogens is 3. The molecule has 1 heterocycles. The maximum Gasteiger partial charge on any atom is 0.141 e. The molecule has 0 amide bonds. The minimum Gasteiger partial charge on any atom is -0.253 e. The molecule has 0 fully saturated rings. The first-order valence-electron chi connectivity index (χ1n) is 4.67. The molecule has 1 aromatic heterocycles. The molecule has 0 aliphatic heterocycles. The molecule has 2 aromatic rings. The molecule has 0 spiro atoms. The lowest BCUT2D eigenvalue weighted by atomic mass is 10.1. The molecule has 0 aliphatic rings. The first kappa shape index (κ1) is 11.7. The summed E-state index contributed by atoms with van der Waals surface area (Å²) in [6.45, 7) is 0. The van der Waals surface area contributed by atoms with Crippen LogP contribution in [0.1, 0.15) is 9.30 Å². The Morgan fingerprint density at radius 1 is 1.00 bits per heavy atom. The van der Waals surface area contributed by atoms with Gasteiger partial charge < -0.3 is 0 Å². The predicted octanol–water partition coefficient (Wildman–Crippen LogP) is 4.68. The lowest BCUT2D eigenvalue weighted by Crippen LogP contribution is -1.86. The number of rotatable bonds is 2. The Morgan fingerprint density at radius 2 is 1.69 bits per heavy atom. The van der Waals surface area contributed by atoms with Crippen LogP contribution in [0.5, 0.6) is 0 Å². The normalized spacial score (nSPS) is 10.8. The van der Waals surface area contributed by atoms with E-state index in [2.05, 4.69) is 36.8 Å². The summed E-state index contributed by atoms with van der Waals surface area (Å²) in [4.78, 5) is 4.02. The fourth-order valence-corrected chi connectivity index (χ4v) is 1.96. The Hall–Kier alpha value is -0.740. The van der Waals surface area contributed by atoms with Gasteiger partial charge in [0, 0.05) is 5.56 Å². The van der Waals surface area contributed by atoms with Crippen molar-refractivity contribution < 1.29 is 4.39 Å². The molecular weight excluding hydrogens is 337 g/mol. The van der Waals surface area contributed by atoms with Crippen LogP contribution >= 0.6 is 31.9 Å². The first-order valence-corrected chi connectivity index (χ1v) is 6.50. The number of hydrogen-bond donors (Lipinski definition) is 0. The van der Waals surface area contributed by atoms with E-state index in [1.165, 1.54) is 12.3 Å². The molecule has 0 saturated heterocycles. The van der Waals surface area contributed by atoms with Gasteiger partial charge in [-0.05, 0) is 17.7 Å². The molecule has 0 N–H and O–H groups in total. The van der Waals surface area contributed by atoms with E-state index in [1.54, 1.807) is 6.07 Å². The van der Waals surface area contributed by atoms with Gasteiger partial charge in [-0.25, -0.2) is 4.39 Å². The van der Waals surface area contributed by atoms with Gasteiger partial charge in [0.25, 0.3) is 0 Å². The zero-order chi connectivity index (χ0) is 11.5. The summed E-state index contributed by atoms with van der Waals surface area (Å²) < 4.78 is 12.8. The van der Waals surface area contributed by atoms with E-state index in [9.17, 15) is 4.39 Å². The minimum atomic E-state index is -0.318. The molecule has 0 bridgehead atoms. The second kappa shape index (κ2) is 5.06. The Bertz CT molecular complexity index is 465. The summed E-state index contributed by atoms with van der Waals surface area (Å²) in [5, 5.41) is 0. The minimum absolute atomic E-state index is 0.148. The fourth-order valence-electron chi connectivity index (χ4n) is 1.35. The van der Waals surface area contributed by atoms with Gasteiger partial charge in [-0.2, -0.15) is 0 Å². The van der Waals surface area contributed by atoms with E-state index >= 15 is 0 Å². The average Bonchev–Trinajstić information content (AvgIpc) is 2.30. The Kier molecular flexibility index (Phi) is 3.71. The van der Waals surface area contributed by atoms with Crippen LogP contribution in [-0.2, 0) is 0 Å². The Morgan fingerprint density at radius 3 is 2.19 bits per heavy atom. The number of alkyl halides is 2. The SMILES string of the molecule is Fc1ccc(-c2ccc(C(Br)Br)cc2)nc1. The fraction of sp³-hybridized carbons (Fsp3) is 0.0833. The van der Waals surface area contributed by atoms with Crippen molar-refractivity contribution in [3.05, 3.63) is 54.0 Å². The molecule has 1 aromatic carbocycles. The van der Waals surface area contributed by atoms with Gasteiger partial charge >= 0.3 is 0 Å². The van der Waals surface area contributed by atoms with Crippen molar-refractivity contribution in [2.75, 3.05) is 0 Å². The Labute approximate surface area is 110 Å². The number of aromatic nitrogens is 1. The lowest BCUT2D eigenvalue weighted by molar-refractivity contribution is 0.622. The van der Waals surface area contributed by atoms with Crippen molar-refractivity contribution in [3.63, 3.8) is 0 Å². The van der Waals surface area contributed by atoms with Crippen LogP contribution in [0.2, 0.25) is 0 Å². The van der Waals surface area contributed by atoms with Gasteiger partial charge in [-0.3, -0.25) is 4.98 Å². The maximum absolute atomic E-state index is 12.7. The highest BCUT2D eigenvalue weighted by Gasteiger charge is 2.03. The van der Waals surface area contributed by atoms with Gasteiger partial charge in [0.2, 0.25) is 0 Å². The van der Waals surface area contributed by atoms with Crippen molar-refractivity contribution in [1.29, 1.82) is 0 Å². The predicted molar refractivity (Wildman–Crippen MR) is 70.2 cm³/mol. The molecule has 0 saturated carbocycles. The monoisotopic (exact) mass is 343 g/mol. The van der Waals surface area contributed by atoms with Crippen molar-refractivity contribution in [2.24, 2.45) is 0 Å². The van der Waals surface area contributed by atoms with Crippen molar-refractivity contribution in [2.45, 2.75) is 3.74 Å². The van der Waals surface area contributed by atoms with Crippen molar-refractivity contribution in [3.8, 4) is 11.3 Å². The van der Waals surface area contributed by atoms with E-state index in [4.69, 9.17) is 0 Å². The summed E-state index contributed by atoms with van der Waals surface area (Å²) in [6, 6.07) is 11.0. The average molecular weight is 345 g/mol. The van der Waals surface area contributed by atoms with Gasteiger partial charge in [-0.1, -0.05) is 56.1 Å². The van der Waals surface area contributed by atoms with Crippen LogP contribution in [0, 0.1) is 5.82 Å². The molecule has 4 heteroatoms. The lowest BCUT2D eigenvalue weighted by Gasteiger charge is -2.04. The summed E-state index contributed by atoms with van der Waals surface area (Å²) in [7, 11) is 0. The molecule has 0 radical (unpaired) electrons. The number of nitrogens with zero attached hydrogens (tertiary/aromatic N) is 1. The largest absolute Gasteiger partial charge is 0.253 e. The number of benzene rings is 1. The first-order chi connectivity index (χ1) is 7.66. The second-order valence-corrected chi connectivity index (χ2v) is 6.34. The zero-order valence-electron chi connectivity index (χ0n) is 8.20. The zero-order valence-corrected chi connectivity index (χ0v) is 11.4. The van der Waals surface area contributed by atoms with Crippen LogP contribution in [0.4, 0.5) is 4.39 Å². The molecule has 0 atom stereocenters. The summed E-state index contributed by atoms with van der Waals surface area (Å²) in [5.74, 6) is -0.318. The number of hydrogen-bond acceptors (Lipinski definition) is 1. The molecule has 0 aliphatic carbocycles. The maximum atomic E-state index is 12.7. The smallest absolute Gasteiger partial charge is 0.141 e. The van der Waals surface area contributed by atoms with Crippen LogP contribution in [0.15, 0.2) is 42.6 Å². The van der Waals surface area contributed by atoms with Crippen molar-refractivity contribution >= 4 is 31.9 Å². The second-order valence-electron chi connectivity index (χ2n) is 3.28. The van der Waals surface area contributed by atoms with Crippen LogP contribution in [0.3, 0.4) is 0 Å². The van der Waals surface area contributed by atoms with E-state index in [-0.39, 0.29) is 9.55 Å². The van der Waals surface area contributed by atoms with Crippen molar-refractivity contribution in [1.82, 2.24) is 4.98 Å². The van der Waals surface area contributed by atoms with E-state index in [1.807, 2.05) is 24.3 Å². The van der Waals surface area contributed by atoms with Gasteiger partial charge in [0.15, 0.2) is 0 Å². The molecular formula is C12H8Br2FN. The molecule has 2 rings (SSSR count). The van der Waals surface area contributed by atoms with Crippen LogP contribution < -0.4 is 0 Å². The quantitative estimate of drug-likeness (QED) is 0.721. The topological polar surface area (TPSA) is 12.9 Å². The van der Waals surface area contributed by atoms with E-state index < -0.39 is 0 Å². The Balaban J connectivity index is 2.31. The van der Waals surface area contributed by atoms with E-state index in [0.717, 1.165) is 16.8 Å². The summed E-state index contributed by atoms with van der Waals surface area (Å²) >= 11 is 6.85. The highest BCUT2D eigenvalue weighted by atomic mass is 79.9. The van der Waals surface area contributed by atoms with Gasteiger partial charge in [0.1, 0.15) is 5.82 Å². The molecule has 0 unspecified atom stereocenters. The van der Waals surface area contributed by atoms with Crippen LogP contribution in [0.25, 0.3) is 11.3 Å². The molecule has 82 valence electrons. The third-order valence-corrected chi connectivity index (χ3v) is 3.24. The highest BCUT2D eigenvalue weighted by molar-refractivity contribution is 9.24.